The Morgan fingerprint density at radius 2 is 2.11 bits per heavy atom. The van der Waals surface area contributed by atoms with E-state index in [1.807, 2.05) is 29.2 Å². The third-order valence-corrected chi connectivity index (χ3v) is 5.92. The van der Waals surface area contributed by atoms with Gasteiger partial charge < -0.3 is 10.2 Å². The van der Waals surface area contributed by atoms with Crippen LogP contribution in [0.15, 0.2) is 24.3 Å². The standard InChI is InChI=1S/C12H13ClN2O2S2/c13-9-3-1-8(2-4-9)5-15-11-7-19(16,17)6-10(11)14-12(15)18/h1-4,10-11H,5-7H2,(H-,14,16,17,18)/p+1/t10-,11+/m0/s1. The summed E-state index contributed by atoms with van der Waals surface area (Å²) >= 11 is 11.2. The molecule has 0 aromatic heterocycles. The third-order valence-electron chi connectivity index (χ3n) is 3.57. The molecule has 2 fully saturated rings. The Balaban J connectivity index is 1.78. The molecule has 3 rings (SSSR count). The summed E-state index contributed by atoms with van der Waals surface area (Å²) in [7, 11) is -2.70. The highest BCUT2D eigenvalue weighted by Gasteiger charge is 2.53. The van der Waals surface area contributed by atoms with Crippen LogP contribution in [0.5, 0.6) is 0 Å². The van der Waals surface area contributed by atoms with Crippen LogP contribution in [0.2, 0.25) is 5.02 Å². The zero-order valence-electron chi connectivity index (χ0n) is 10.1. The van der Waals surface area contributed by atoms with Gasteiger partial charge in [-0.2, -0.15) is 4.55 Å². The molecule has 0 bridgehead atoms. The van der Waals surface area contributed by atoms with Crippen molar-refractivity contribution in [2.24, 2.45) is 0 Å². The zero-order chi connectivity index (χ0) is 13.6. The first-order chi connectivity index (χ1) is 8.94. The van der Waals surface area contributed by atoms with Gasteiger partial charge in [0.25, 0.3) is 0 Å². The molecule has 0 spiro atoms. The van der Waals surface area contributed by atoms with Crippen LogP contribution in [0.1, 0.15) is 5.56 Å². The Morgan fingerprint density at radius 3 is 2.79 bits per heavy atom. The van der Waals surface area contributed by atoms with E-state index in [4.69, 9.17) is 23.8 Å². The molecule has 1 aromatic rings. The quantitative estimate of drug-likeness (QED) is 0.643. The summed E-state index contributed by atoms with van der Waals surface area (Å²) in [6.07, 6.45) is 0. The lowest BCUT2D eigenvalue weighted by Gasteiger charge is -2.22. The zero-order valence-corrected chi connectivity index (χ0v) is 12.5. The van der Waals surface area contributed by atoms with Crippen molar-refractivity contribution in [2.45, 2.75) is 18.6 Å². The van der Waals surface area contributed by atoms with Crippen LogP contribution in [0.4, 0.5) is 0 Å². The van der Waals surface area contributed by atoms with Crippen molar-refractivity contribution in [3.05, 3.63) is 34.9 Å². The fourth-order valence-corrected chi connectivity index (χ4v) is 5.08. The van der Waals surface area contributed by atoms with Crippen LogP contribution in [0, 0.1) is 0 Å². The van der Waals surface area contributed by atoms with Gasteiger partial charge in [-0.1, -0.05) is 27.9 Å². The van der Waals surface area contributed by atoms with Gasteiger partial charge in [0, 0.05) is 11.6 Å². The lowest BCUT2D eigenvalue weighted by molar-refractivity contribution is 0.348. The van der Waals surface area contributed by atoms with Crippen LogP contribution < -0.4 is 5.32 Å². The maximum atomic E-state index is 11.8. The predicted octanol–water partition coefficient (Wildman–Crippen LogP) is 1.75. The number of nitrogens with zero attached hydrogens (tertiary/aromatic N) is 1. The maximum Gasteiger partial charge on any atom is 0.218 e. The summed E-state index contributed by atoms with van der Waals surface area (Å²) in [5.74, 6) is 0.577. The number of fused-ring (bicyclic) bond motifs is 1. The van der Waals surface area contributed by atoms with E-state index >= 15 is 0 Å². The van der Waals surface area contributed by atoms with Gasteiger partial charge in [0.15, 0.2) is 16.6 Å². The second-order valence-corrected chi connectivity index (χ2v) is 8.02. The summed E-state index contributed by atoms with van der Waals surface area (Å²) in [5, 5.41) is 4.51. The molecule has 1 aromatic carbocycles. The molecule has 102 valence electrons. The largest absolute Gasteiger partial charge is 0.353 e. The van der Waals surface area contributed by atoms with E-state index in [0.29, 0.717) is 22.4 Å². The SMILES string of the molecule is O=[S+]1(O)C[C@@H]2NC(=S)N(Cc3ccc(Cl)cc3)[C@@H]2C1. The van der Waals surface area contributed by atoms with Crippen LogP contribution in [0.3, 0.4) is 0 Å². The van der Waals surface area contributed by atoms with Crippen molar-refractivity contribution in [3.8, 4) is 0 Å². The highest BCUT2D eigenvalue weighted by molar-refractivity contribution is 7.98. The first-order valence-electron chi connectivity index (χ1n) is 5.98. The van der Waals surface area contributed by atoms with E-state index < -0.39 is 10.2 Å². The van der Waals surface area contributed by atoms with Crippen molar-refractivity contribution < 1.29 is 8.76 Å². The van der Waals surface area contributed by atoms with Gasteiger partial charge in [-0.3, -0.25) is 0 Å². The van der Waals surface area contributed by atoms with Crippen LogP contribution in [0.25, 0.3) is 0 Å². The molecule has 2 heterocycles. The predicted molar refractivity (Wildman–Crippen MR) is 80.7 cm³/mol. The molecule has 19 heavy (non-hydrogen) atoms. The van der Waals surface area contributed by atoms with Crippen molar-refractivity contribution in [1.29, 1.82) is 0 Å². The first kappa shape index (κ1) is 13.3. The topological polar surface area (TPSA) is 52.6 Å². The van der Waals surface area contributed by atoms with Gasteiger partial charge in [0.1, 0.15) is 12.1 Å². The van der Waals surface area contributed by atoms with Crippen LogP contribution >= 0.6 is 23.8 Å². The van der Waals surface area contributed by atoms with E-state index in [9.17, 15) is 8.76 Å². The van der Waals surface area contributed by atoms with Crippen LogP contribution in [-0.4, -0.2) is 38.2 Å². The van der Waals surface area contributed by atoms with Crippen molar-refractivity contribution in [1.82, 2.24) is 10.2 Å². The molecule has 2 aliphatic rings. The molecule has 0 aliphatic carbocycles. The van der Waals surface area contributed by atoms with Gasteiger partial charge in [-0.05, 0) is 29.9 Å². The normalized spacial score (nSPS) is 33.4. The minimum atomic E-state index is -2.70. The molecular weight excluding hydrogens is 304 g/mol. The van der Waals surface area contributed by atoms with E-state index in [-0.39, 0.29) is 17.8 Å². The molecule has 3 atom stereocenters. The number of hydrogen-bond acceptors (Lipinski definition) is 2. The maximum absolute atomic E-state index is 11.8. The van der Waals surface area contributed by atoms with E-state index in [2.05, 4.69) is 5.32 Å². The van der Waals surface area contributed by atoms with Crippen molar-refractivity contribution >= 4 is 39.1 Å². The lowest BCUT2D eigenvalue weighted by atomic mass is 10.1. The molecule has 0 radical (unpaired) electrons. The Hall–Kier alpha value is -0.690. The number of rotatable bonds is 2. The van der Waals surface area contributed by atoms with E-state index in [1.54, 1.807) is 0 Å². The number of hydrogen-bond donors (Lipinski definition) is 2. The fraction of sp³-hybridized carbons (Fsp3) is 0.417. The fourth-order valence-electron chi connectivity index (χ4n) is 2.66. The molecule has 2 N–H and O–H groups in total. The highest BCUT2D eigenvalue weighted by Crippen LogP contribution is 2.28. The highest BCUT2D eigenvalue weighted by atomic mass is 35.5. The summed E-state index contributed by atoms with van der Waals surface area (Å²) in [4.78, 5) is 2.01. The smallest absolute Gasteiger partial charge is 0.218 e. The summed E-state index contributed by atoms with van der Waals surface area (Å²) in [6, 6.07) is 7.58. The molecular formula is C12H14ClN2O2S2+. The molecule has 4 nitrogen and oxygen atoms in total. The Bertz CT molecular complexity index is 563. The van der Waals surface area contributed by atoms with Crippen LogP contribution in [-0.2, 0) is 21.0 Å². The average Bonchev–Trinajstić information content (AvgIpc) is 2.75. The Labute approximate surface area is 123 Å². The van der Waals surface area contributed by atoms with Gasteiger partial charge in [-0.15, -0.1) is 0 Å². The molecule has 2 aliphatic heterocycles. The second kappa shape index (κ2) is 4.70. The number of benzene rings is 1. The minimum Gasteiger partial charge on any atom is -0.353 e. The molecule has 0 saturated carbocycles. The summed E-state index contributed by atoms with van der Waals surface area (Å²) in [6.45, 7) is 0.639. The minimum absolute atomic E-state index is 0.00250. The summed E-state index contributed by atoms with van der Waals surface area (Å²) < 4.78 is 21.5. The van der Waals surface area contributed by atoms with Gasteiger partial charge in [-0.25, -0.2) is 0 Å². The number of thiocarbonyl (C=S) groups is 1. The number of halogens is 1. The lowest BCUT2D eigenvalue weighted by Crippen LogP contribution is -2.36. The average molecular weight is 318 g/mol. The Morgan fingerprint density at radius 1 is 1.42 bits per heavy atom. The second-order valence-electron chi connectivity index (χ2n) is 4.98. The first-order valence-corrected chi connectivity index (χ1v) is 8.62. The molecule has 2 saturated heterocycles. The van der Waals surface area contributed by atoms with E-state index in [0.717, 1.165) is 5.56 Å². The van der Waals surface area contributed by atoms with Crippen molar-refractivity contribution in [2.75, 3.05) is 11.5 Å². The number of nitrogens with one attached hydrogen (secondary N) is 1. The summed E-state index contributed by atoms with van der Waals surface area (Å²) in [5.41, 5.74) is 1.09. The van der Waals surface area contributed by atoms with E-state index in [1.165, 1.54) is 0 Å². The van der Waals surface area contributed by atoms with Crippen molar-refractivity contribution in [3.63, 3.8) is 0 Å². The van der Waals surface area contributed by atoms with Gasteiger partial charge >= 0.3 is 0 Å². The molecule has 7 heteroatoms. The third kappa shape index (κ3) is 2.63. The van der Waals surface area contributed by atoms with Gasteiger partial charge in [0.05, 0.1) is 0 Å². The van der Waals surface area contributed by atoms with Gasteiger partial charge in [0.2, 0.25) is 10.2 Å². The Kier molecular flexibility index (Phi) is 3.29. The molecule has 1 unspecified atom stereocenters. The monoisotopic (exact) mass is 317 g/mol. The molecule has 0 amide bonds.